The number of methoxy groups -OCH3 is 1. The van der Waals surface area contributed by atoms with Crippen LogP contribution in [0.4, 0.5) is 0 Å². The highest BCUT2D eigenvalue weighted by Gasteiger charge is 2.19. The van der Waals surface area contributed by atoms with Gasteiger partial charge in [-0.05, 0) is 24.3 Å². The number of rotatable bonds is 3. The van der Waals surface area contributed by atoms with E-state index in [4.69, 9.17) is 9.84 Å². The summed E-state index contributed by atoms with van der Waals surface area (Å²) in [6.07, 6.45) is -0.737. The van der Waals surface area contributed by atoms with Gasteiger partial charge in [-0.3, -0.25) is 4.57 Å². The molecule has 0 bridgehead atoms. The van der Waals surface area contributed by atoms with Crippen LogP contribution in [0.5, 0.6) is 5.75 Å². The van der Waals surface area contributed by atoms with Crippen LogP contribution in [-0.2, 0) is 4.57 Å². The highest BCUT2D eigenvalue weighted by molar-refractivity contribution is 7.65. The van der Waals surface area contributed by atoms with Crippen LogP contribution in [-0.4, -0.2) is 23.5 Å². The third-order valence-electron chi connectivity index (χ3n) is 1.67. The van der Waals surface area contributed by atoms with Gasteiger partial charge in [0.1, 0.15) is 12.1 Å². The molecule has 0 heterocycles. The molecule has 0 aliphatic rings. The molecule has 1 aromatic rings. The number of aliphatic hydroxyl groups excluding tert-OH is 1. The Kier molecular flexibility index (Phi) is 3.09. The van der Waals surface area contributed by atoms with Crippen molar-refractivity contribution in [3.63, 3.8) is 0 Å². The summed E-state index contributed by atoms with van der Waals surface area (Å²) in [5.41, 5.74) is 0. The largest absolute Gasteiger partial charge is 0.497 e. The van der Waals surface area contributed by atoms with Gasteiger partial charge in [-0.1, -0.05) is 0 Å². The molecule has 13 heavy (non-hydrogen) atoms. The fraction of sp³-hybridized carbons (Fsp3) is 0.250. The van der Waals surface area contributed by atoms with E-state index in [2.05, 4.69) is 0 Å². The number of benzene rings is 1. The lowest BCUT2D eigenvalue weighted by atomic mass is 10.3. The van der Waals surface area contributed by atoms with Gasteiger partial charge in [0.05, 0.1) is 7.11 Å². The van der Waals surface area contributed by atoms with Crippen LogP contribution >= 0.6 is 7.37 Å². The highest BCUT2D eigenvalue weighted by Crippen LogP contribution is 2.37. The molecule has 1 unspecified atom stereocenters. The average Bonchev–Trinajstić information content (AvgIpc) is 2.18. The Labute approximate surface area is 76.2 Å². The van der Waals surface area contributed by atoms with Crippen LogP contribution in [0.2, 0.25) is 0 Å². The van der Waals surface area contributed by atoms with Crippen molar-refractivity contribution in [1.29, 1.82) is 0 Å². The lowest BCUT2D eigenvalue weighted by molar-refractivity contribution is 0.337. The predicted molar refractivity (Wildman–Crippen MR) is 49.5 cm³/mol. The molecule has 72 valence electrons. The third kappa shape index (κ3) is 2.31. The molecule has 0 radical (unpaired) electrons. The van der Waals surface area contributed by atoms with Crippen molar-refractivity contribution in [3.8, 4) is 5.75 Å². The first kappa shape index (κ1) is 10.3. The SMILES string of the molecule is COc1ccc(P(=O)(O)CO)cc1. The van der Waals surface area contributed by atoms with E-state index >= 15 is 0 Å². The van der Waals surface area contributed by atoms with Gasteiger partial charge in [-0.15, -0.1) is 0 Å². The summed E-state index contributed by atoms with van der Waals surface area (Å²) in [5, 5.41) is 8.86. The summed E-state index contributed by atoms with van der Waals surface area (Å²) >= 11 is 0. The first-order chi connectivity index (χ1) is 6.10. The average molecular weight is 202 g/mol. The standard InChI is InChI=1S/C8H11O4P/c1-12-7-2-4-8(5-3-7)13(10,11)6-9/h2-5,9H,6H2,1H3,(H,10,11). The van der Waals surface area contributed by atoms with E-state index in [1.807, 2.05) is 0 Å². The normalized spacial score (nSPS) is 15.0. The van der Waals surface area contributed by atoms with E-state index in [-0.39, 0.29) is 5.30 Å². The molecule has 1 rings (SSSR count). The maximum atomic E-state index is 11.2. The molecule has 1 atom stereocenters. The van der Waals surface area contributed by atoms with Crippen LogP contribution in [0, 0.1) is 0 Å². The summed E-state index contributed by atoms with van der Waals surface area (Å²) < 4.78 is 16.1. The van der Waals surface area contributed by atoms with Gasteiger partial charge in [-0.25, -0.2) is 0 Å². The summed E-state index contributed by atoms with van der Waals surface area (Å²) in [7, 11) is -2.04. The second-order valence-electron chi connectivity index (χ2n) is 2.54. The lowest BCUT2D eigenvalue weighted by Crippen LogP contribution is -2.06. The maximum Gasteiger partial charge on any atom is 0.254 e. The van der Waals surface area contributed by atoms with Gasteiger partial charge >= 0.3 is 0 Å². The Balaban J connectivity index is 2.99. The number of ether oxygens (including phenoxy) is 1. The topological polar surface area (TPSA) is 66.8 Å². The summed E-state index contributed by atoms with van der Waals surface area (Å²) in [6, 6.07) is 6.09. The highest BCUT2D eigenvalue weighted by atomic mass is 31.2. The van der Waals surface area contributed by atoms with E-state index in [0.29, 0.717) is 5.75 Å². The minimum Gasteiger partial charge on any atom is -0.497 e. The number of hydrogen-bond acceptors (Lipinski definition) is 3. The Bertz CT molecular complexity index is 319. The molecule has 0 aromatic heterocycles. The second kappa shape index (κ2) is 3.92. The Morgan fingerprint density at radius 2 is 1.92 bits per heavy atom. The molecule has 2 N–H and O–H groups in total. The smallest absolute Gasteiger partial charge is 0.254 e. The summed E-state index contributed by atoms with van der Waals surface area (Å²) in [4.78, 5) is 9.22. The van der Waals surface area contributed by atoms with Gasteiger partial charge in [-0.2, -0.15) is 0 Å². The minimum atomic E-state index is -3.56. The van der Waals surface area contributed by atoms with Crippen LogP contribution in [0.25, 0.3) is 0 Å². The molecule has 4 nitrogen and oxygen atoms in total. The molecule has 0 spiro atoms. The number of aliphatic hydroxyl groups is 1. The molecule has 0 aliphatic heterocycles. The van der Waals surface area contributed by atoms with Crippen molar-refractivity contribution in [2.75, 3.05) is 13.5 Å². The maximum absolute atomic E-state index is 11.2. The molecule has 1 aromatic carbocycles. The minimum absolute atomic E-state index is 0.232. The Hall–Kier alpha value is -0.830. The zero-order chi connectivity index (χ0) is 9.90. The van der Waals surface area contributed by atoms with Gasteiger partial charge in [0, 0.05) is 5.30 Å². The van der Waals surface area contributed by atoms with Crippen molar-refractivity contribution in [1.82, 2.24) is 0 Å². The Morgan fingerprint density at radius 3 is 2.31 bits per heavy atom. The molecule has 5 heteroatoms. The van der Waals surface area contributed by atoms with E-state index in [1.54, 1.807) is 12.1 Å². The van der Waals surface area contributed by atoms with E-state index in [9.17, 15) is 9.46 Å². The van der Waals surface area contributed by atoms with Gasteiger partial charge in [0.15, 0.2) is 0 Å². The molecule has 0 aliphatic carbocycles. The van der Waals surface area contributed by atoms with Crippen molar-refractivity contribution in [2.45, 2.75) is 0 Å². The first-order valence-electron chi connectivity index (χ1n) is 3.67. The van der Waals surface area contributed by atoms with Crippen molar-refractivity contribution in [2.24, 2.45) is 0 Å². The van der Waals surface area contributed by atoms with Crippen molar-refractivity contribution in [3.05, 3.63) is 24.3 Å². The molecule has 0 saturated carbocycles. The monoisotopic (exact) mass is 202 g/mol. The zero-order valence-electron chi connectivity index (χ0n) is 7.17. The third-order valence-corrected chi connectivity index (χ3v) is 3.16. The van der Waals surface area contributed by atoms with Crippen LogP contribution < -0.4 is 10.0 Å². The molecular formula is C8H11O4P. The van der Waals surface area contributed by atoms with Crippen LogP contribution in [0.1, 0.15) is 0 Å². The number of hydrogen-bond donors (Lipinski definition) is 2. The summed E-state index contributed by atoms with van der Waals surface area (Å²) in [6.45, 7) is 0. The molecular weight excluding hydrogens is 191 g/mol. The Morgan fingerprint density at radius 1 is 1.38 bits per heavy atom. The van der Waals surface area contributed by atoms with Crippen molar-refractivity contribution < 1.29 is 19.3 Å². The van der Waals surface area contributed by atoms with Crippen LogP contribution in [0.3, 0.4) is 0 Å². The quantitative estimate of drug-likeness (QED) is 0.702. The fourth-order valence-electron chi connectivity index (χ4n) is 0.897. The fourth-order valence-corrected chi connectivity index (χ4v) is 1.68. The summed E-state index contributed by atoms with van der Waals surface area (Å²) in [5.74, 6) is 0.613. The lowest BCUT2D eigenvalue weighted by Gasteiger charge is -2.08. The van der Waals surface area contributed by atoms with E-state index in [1.165, 1.54) is 19.2 Å². The van der Waals surface area contributed by atoms with E-state index < -0.39 is 13.7 Å². The van der Waals surface area contributed by atoms with E-state index in [0.717, 1.165) is 0 Å². The molecule has 0 fully saturated rings. The van der Waals surface area contributed by atoms with Gasteiger partial charge in [0.25, 0.3) is 7.37 Å². The predicted octanol–water partition coefficient (Wildman–Crippen LogP) is 0.541. The molecule has 0 saturated heterocycles. The molecule has 0 amide bonds. The van der Waals surface area contributed by atoms with Gasteiger partial charge in [0.2, 0.25) is 0 Å². The zero-order valence-corrected chi connectivity index (χ0v) is 8.07. The first-order valence-corrected chi connectivity index (χ1v) is 5.52. The second-order valence-corrected chi connectivity index (χ2v) is 4.74. The van der Waals surface area contributed by atoms with Gasteiger partial charge < -0.3 is 14.7 Å². The van der Waals surface area contributed by atoms with Crippen molar-refractivity contribution >= 4 is 12.7 Å². The van der Waals surface area contributed by atoms with Crippen LogP contribution in [0.15, 0.2) is 24.3 Å².